The molecule has 1 aromatic heterocycles. The average Bonchev–Trinajstić information content (AvgIpc) is 3.39. The molecule has 0 bridgehead atoms. The van der Waals surface area contributed by atoms with Gasteiger partial charge < -0.3 is 14.4 Å². The van der Waals surface area contributed by atoms with Gasteiger partial charge in [0, 0.05) is 66.8 Å². The zero-order valence-corrected chi connectivity index (χ0v) is 49.2. The fraction of sp³-hybridized carbons (Fsp3) is 0.215. The third-order valence-corrected chi connectivity index (χ3v) is 19.6. The van der Waals surface area contributed by atoms with Crippen molar-refractivity contribution in [3.05, 3.63) is 262 Å². The Balaban J connectivity index is 0.826. The molecule has 0 saturated heterocycles. The molecule has 0 unspecified atom stereocenters. The summed E-state index contributed by atoms with van der Waals surface area (Å²) >= 11 is 0. The third-order valence-electron chi connectivity index (χ3n) is 19.6. The lowest BCUT2D eigenvalue weighted by Gasteiger charge is -2.37. The van der Waals surface area contributed by atoms with Gasteiger partial charge in [0.05, 0.1) is 11.0 Å². The molecule has 0 N–H and O–H groups in total. The van der Waals surface area contributed by atoms with Crippen molar-refractivity contribution in [3.63, 3.8) is 0 Å². The van der Waals surface area contributed by atoms with Crippen LogP contribution in [0.25, 0.3) is 72.0 Å². The van der Waals surface area contributed by atoms with Crippen LogP contribution in [0.2, 0.25) is 0 Å². The van der Waals surface area contributed by atoms with E-state index in [9.17, 15) is 0 Å². The topological polar surface area (TPSA) is 11.4 Å². The SMILES string of the molecule is CC1=CC=C(N(c2ccc(C)cc2)c2ccc3c(c2)C(C)(C)c2cc(-c4cc5c6c(c4)c4cc(-c7ccc8c(c7)C(C)(C)c7cc(N(c9ccc(C)cc9)c9ccc(C)cc9)ccc7-8)ccc4n6C4=C(C=CCC4)C5(C)C)ccc2-3)CC1. The molecule has 0 spiro atoms. The van der Waals surface area contributed by atoms with Crippen LogP contribution in [0.15, 0.2) is 217 Å². The highest BCUT2D eigenvalue weighted by molar-refractivity contribution is 6.15. The van der Waals surface area contributed by atoms with Crippen LogP contribution in [0.5, 0.6) is 0 Å². The predicted molar refractivity (Wildman–Crippen MR) is 349 cm³/mol. The number of aryl methyl sites for hydroxylation is 3. The van der Waals surface area contributed by atoms with E-state index in [4.69, 9.17) is 0 Å². The summed E-state index contributed by atoms with van der Waals surface area (Å²) in [7, 11) is 0. The zero-order chi connectivity index (χ0) is 56.1. The Labute approximate surface area is 484 Å². The molecule has 10 aromatic rings. The van der Waals surface area contributed by atoms with E-state index in [-0.39, 0.29) is 16.2 Å². The van der Waals surface area contributed by atoms with Gasteiger partial charge in [0.1, 0.15) is 0 Å². The van der Waals surface area contributed by atoms with Crippen molar-refractivity contribution in [2.24, 2.45) is 0 Å². The predicted octanol–water partition coefficient (Wildman–Crippen LogP) is 21.8. The van der Waals surface area contributed by atoms with E-state index in [1.54, 1.807) is 0 Å². The molecule has 3 heteroatoms. The number of nitrogens with zero attached hydrogens (tertiary/aromatic N) is 3. The quantitative estimate of drug-likeness (QED) is 0.150. The second-order valence-corrected chi connectivity index (χ2v) is 26.0. The van der Waals surface area contributed by atoms with Gasteiger partial charge in [-0.1, -0.05) is 161 Å². The van der Waals surface area contributed by atoms with Crippen molar-refractivity contribution in [1.82, 2.24) is 4.57 Å². The summed E-state index contributed by atoms with van der Waals surface area (Å²) in [5.74, 6) is 0. The first-order valence-corrected chi connectivity index (χ1v) is 29.8. The van der Waals surface area contributed by atoms with Gasteiger partial charge >= 0.3 is 0 Å². The number of benzene rings is 9. The fourth-order valence-electron chi connectivity index (χ4n) is 14.9. The van der Waals surface area contributed by atoms with Gasteiger partial charge in [0.25, 0.3) is 0 Å². The van der Waals surface area contributed by atoms with Gasteiger partial charge in [-0.2, -0.15) is 0 Å². The molecule has 82 heavy (non-hydrogen) atoms. The van der Waals surface area contributed by atoms with E-state index in [1.165, 1.54) is 150 Å². The first-order valence-electron chi connectivity index (χ1n) is 29.8. The second-order valence-electron chi connectivity index (χ2n) is 26.0. The molecule has 4 aliphatic carbocycles. The smallest absolute Gasteiger partial charge is 0.0579 e. The minimum Gasteiger partial charge on any atom is -0.314 e. The number of fused-ring (bicyclic) bond motifs is 10. The highest BCUT2D eigenvalue weighted by atomic mass is 15.2. The molecule has 5 aliphatic rings. The van der Waals surface area contributed by atoms with Crippen molar-refractivity contribution >= 4 is 55.9 Å². The van der Waals surface area contributed by atoms with Gasteiger partial charge in [-0.05, 0) is 234 Å². The Morgan fingerprint density at radius 3 is 1.38 bits per heavy atom. The highest BCUT2D eigenvalue weighted by Gasteiger charge is 2.40. The normalized spacial score (nSPS) is 16.6. The minimum atomic E-state index is -0.214. The number of hydrogen-bond donors (Lipinski definition) is 0. The Hall–Kier alpha value is -8.66. The van der Waals surface area contributed by atoms with Crippen molar-refractivity contribution in [3.8, 4) is 44.5 Å². The lowest BCUT2D eigenvalue weighted by atomic mass is 9.71. The summed E-state index contributed by atoms with van der Waals surface area (Å²) in [5, 5.41) is 2.64. The van der Waals surface area contributed by atoms with E-state index in [2.05, 4.69) is 284 Å². The van der Waals surface area contributed by atoms with Gasteiger partial charge in [0.15, 0.2) is 0 Å². The molecule has 9 aromatic carbocycles. The summed E-state index contributed by atoms with van der Waals surface area (Å²) in [5.41, 5.74) is 34.7. The van der Waals surface area contributed by atoms with Crippen LogP contribution in [-0.4, -0.2) is 4.57 Å². The standard InChI is InChI=1S/C79H71N3/c1-48-15-26-56(27-16-48)80(57-28-17-49(2)18-29-57)60-34-38-64-62-36-23-53(43-69(62)78(7,8)71(64)46-60)52-25-40-74-66(41-52)67-42-55(45-73-76(67)82(74)75-14-12-11-13-68(75)77(73,5)6)54-24-37-63-65-39-35-61(47-72(65)79(9,10)70(63)44-54)81(58-30-19-50(3)20-31-58)59-32-21-51(4)22-33-59/h11,13,15-21,23-32,34-47H,12,14,22,33H2,1-10H3. The van der Waals surface area contributed by atoms with Gasteiger partial charge in [0.2, 0.25) is 0 Å². The molecule has 3 nitrogen and oxygen atoms in total. The third kappa shape index (κ3) is 7.61. The number of anilines is 5. The maximum absolute atomic E-state index is 2.65. The van der Waals surface area contributed by atoms with Crippen molar-refractivity contribution in [1.29, 1.82) is 0 Å². The Morgan fingerprint density at radius 2 is 0.829 bits per heavy atom. The maximum Gasteiger partial charge on any atom is 0.0579 e. The summed E-state index contributed by atoms with van der Waals surface area (Å²) < 4.78 is 2.65. The molecular formula is C79H71N3. The number of aromatic nitrogens is 1. The molecule has 0 atom stereocenters. The number of hydrogen-bond acceptors (Lipinski definition) is 2. The summed E-state index contributed by atoms with van der Waals surface area (Å²) in [6, 6.07) is 68.2. The summed E-state index contributed by atoms with van der Waals surface area (Å²) in [6.07, 6.45) is 13.6. The Kier molecular flexibility index (Phi) is 11.1. The van der Waals surface area contributed by atoms with Crippen molar-refractivity contribution in [2.75, 3.05) is 9.80 Å². The highest BCUT2D eigenvalue weighted by Crippen LogP contribution is 2.56. The molecule has 2 heterocycles. The maximum atomic E-state index is 2.65. The van der Waals surface area contributed by atoms with Crippen LogP contribution in [-0.2, 0) is 16.2 Å². The van der Waals surface area contributed by atoms with Crippen molar-refractivity contribution < 1.29 is 0 Å². The Bertz CT molecular complexity index is 4440. The lowest BCUT2D eigenvalue weighted by Crippen LogP contribution is -2.27. The van der Waals surface area contributed by atoms with E-state index in [0.29, 0.717) is 0 Å². The summed E-state index contributed by atoms with van der Waals surface area (Å²) in [6.45, 7) is 23.4. The van der Waals surface area contributed by atoms with Crippen LogP contribution in [0, 0.1) is 20.8 Å². The minimum absolute atomic E-state index is 0.181. The van der Waals surface area contributed by atoms with Crippen LogP contribution in [0.3, 0.4) is 0 Å². The first kappa shape index (κ1) is 50.3. The monoisotopic (exact) mass is 1060 g/mol. The molecular weight excluding hydrogens is 991 g/mol. The molecule has 1 aliphatic heterocycles. The fourth-order valence-corrected chi connectivity index (χ4v) is 14.9. The van der Waals surface area contributed by atoms with Gasteiger partial charge in [-0.15, -0.1) is 0 Å². The average molecular weight is 1060 g/mol. The van der Waals surface area contributed by atoms with E-state index in [1.807, 2.05) is 0 Å². The van der Waals surface area contributed by atoms with Crippen LogP contribution in [0.1, 0.15) is 119 Å². The largest absolute Gasteiger partial charge is 0.314 e. The summed E-state index contributed by atoms with van der Waals surface area (Å²) in [4.78, 5) is 4.90. The van der Waals surface area contributed by atoms with Gasteiger partial charge in [-0.3, -0.25) is 0 Å². The van der Waals surface area contributed by atoms with Gasteiger partial charge in [-0.25, -0.2) is 0 Å². The molecule has 402 valence electrons. The molecule has 0 saturated carbocycles. The molecule has 15 rings (SSSR count). The van der Waals surface area contributed by atoms with E-state index < -0.39 is 0 Å². The lowest BCUT2D eigenvalue weighted by molar-refractivity contribution is 0.624. The molecule has 0 amide bonds. The van der Waals surface area contributed by atoms with E-state index in [0.717, 1.165) is 37.1 Å². The van der Waals surface area contributed by atoms with Crippen LogP contribution in [0.4, 0.5) is 28.4 Å². The molecule has 0 fully saturated rings. The van der Waals surface area contributed by atoms with Crippen LogP contribution >= 0.6 is 0 Å². The van der Waals surface area contributed by atoms with E-state index >= 15 is 0 Å². The first-order chi connectivity index (χ1) is 39.5. The second kappa shape index (κ2) is 18.2. The Morgan fingerprint density at radius 1 is 0.378 bits per heavy atom. The number of rotatable bonds is 8. The van der Waals surface area contributed by atoms with Crippen molar-refractivity contribution in [2.45, 2.75) is 111 Å². The molecule has 0 radical (unpaired) electrons. The number of allylic oxidation sites excluding steroid dienone is 8. The zero-order valence-electron chi connectivity index (χ0n) is 49.2. The van der Waals surface area contributed by atoms with Crippen LogP contribution < -0.4 is 9.80 Å².